The fourth-order valence-electron chi connectivity index (χ4n) is 3.15. The van der Waals surface area contributed by atoms with E-state index in [0.717, 1.165) is 10.4 Å². The monoisotopic (exact) mass is 287 g/mol. The van der Waals surface area contributed by atoms with Crippen molar-refractivity contribution < 1.29 is 4.79 Å². The second kappa shape index (κ2) is 4.70. The number of hydrogen-bond donors (Lipinski definition) is 0. The van der Waals surface area contributed by atoms with E-state index in [9.17, 15) is 4.79 Å². The molecule has 0 unspecified atom stereocenters. The highest BCUT2D eigenvalue weighted by Crippen LogP contribution is 2.27. The van der Waals surface area contributed by atoms with Crippen LogP contribution in [-0.2, 0) is 4.79 Å². The van der Waals surface area contributed by atoms with Crippen LogP contribution in [0, 0.1) is 0 Å². The number of carbonyl (C=O) groups is 1. The van der Waals surface area contributed by atoms with Crippen LogP contribution in [0.1, 0.15) is 6.42 Å². The molecule has 0 aromatic heterocycles. The van der Waals surface area contributed by atoms with Crippen molar-refractivity contribution in [3.63, 3.8) is 0 Å². The molecule has 1 aliphatic carbocycles. The molecule has 2 nitrogen and oxygen atoms in total. The zero-order chi connectivity index (χ0) is 15.3. The highest BCUT2D eigenvalue weighted by molar-refractivity contribution is 6.12. The number of rotatable bonds is 1. The Morgan fingerprint density at radius 1 is 0.864 bits per heavy atom. The summed E-state index contributed by atoms with van der Waals surface area (Å²) >= 11 is 0. The van der Waals surface area contributed by atoms with Crippen molar-refractivity contribution in [3.8, 4) is 0 Å². The number of nitrogens with zero attached hydrogens (tertiary/aromatic N) is 1. The highest BCUT2D eigenvalue weighted by Gasteiger charge is 2.06. The van der Waals surface area contributed by atoms with Crippen LogP contribution in [-0.4, -0.2) is 19.9 Å². The molecule has 22 heavy (non-hydrogen) atoms. The first kappa shape index (κ1) is 13.1. The van der Waals surface area contributed by atoms with E-state index in [-0.39, 0.29) is 5.78 Å². The molecule has 108 valence electrons. The van der Waals surface area contributed by atoms with Gasteiger partial charge in [-0.2, -0.15) is 0 Å². The maximum absolute atomic E-state index is 11.6. The minimum atomic E-state index is 0.183. The summed E-state index contributed by atoms with van der Waals surface area (Å²) in [6.45, 7) is 0. The summed E-state index contributed by atoms with van der Waals surface area (Å²) in [5, 5.41) is 7.13. The van der Waals surface area contributed by atoms with Crippen LogP contribution in [0.5, 0.6) is 0 Å². The Balaban J connectivity index is 2.13. The maximum atomic E-state index is 11.6. The smallest absolute Gasteiger partial charge is 0.160 e. The van der Waals surface area contributed by atoms with Gasteiger partial charge in [0.05, 0.1) is 0 Å². The quantitative estimate of drug-likeness (QED) is 0.641. The van der Waals surface area contributed by atoms with Gasteiger partial charge in [-0.3, -0.25) is 4.79 Å². The third-order valence-electron chi connectivity index (χ3n) is 4.38. The molecule has 0 amide bonds. The number of ketones is 1. The zero-order valence-corrected chi connectivity index (χ0v) is 12.8. The van der Waals surface area contributed by atoms with Gasteiger partial charge < -0.3 is 4.90 Å². The van der Waals surface area contributed by atoms with E-state index in [1.165, 1.54) is 27.2 Å². The van der Waals surface area contributed by atoms with Crippen molar-refractivity contribution in [1.82, 2.24) is 0 Å². The molecule has 0 N–H and O–H groups in total. The van der Waals surface area contributed by atoms with E-state index in [1.54, 1.807) is 6.08 Å². The Morgan fingerprint density at radius 3 is 2.41 bits per heavy atom. The van der Waals surface area contributed by atoms with Crippen molar-refractivity contribution in [2.75, 3.05) is 19.0 Å². The number of Topliss-reactive ketones (excluding diaryl/α,β-unsaturated/α-hetero) is 1. The minimum Gasteiger partial charge on any atom is -0.378 e. The van der Waals surface area contributed by atoms with Crippen molar-refractivity contribution in [2.45, 2.75) is 6.42 Å². The summed E-state index contributed by atoms with van der Waals surface area (Å²) in [6, 6.07) is 15.2. The van der Waals surface area contributed by atoms with Gasteiger partial charge >= 0.3 is 0 Å². The summed E-state index contributed by atoms with van der Waals surface area (Å²) in [5.41, 5.74) is 1.20. The van der Waals surface area contributed by atoms with E-state index in [1.807, 2.05) is 6.08 Å². The summed E-state index contributed by atoms with van der Waals surface area (Å²) in [5.74, 6) is 0.183. The zero-order valence-electron chi connectivity index (χ0n) is 12.8. The molecule has 0 aliphatic heterocycles. The fourth-order valence-corrected chi connectivity index (χ4v) is 3.15. The maximum Gasteiger partial charge on any atom is 0.160 e. The lowest BCUT2D eigenvalue weighted by Gasteiger charge is -2.14. The lowest BCUT2D eigenvalue weighted by Crippen LogP contribution is -2.28. The van der Waals surface area contributed by atoms with Crippen LogP contribution in [0.3, 0.4) is 0 Å². The number of benzene rings is 3. The van der Waals surface area contributed by atoms with Crippen molar-refractivity contribution in [3.05, 3.63) is 52.9 Å². The molecule has 0 atom stereocenters. The molecule has 0 radical (unpaired) electrons. The standard InChI is InChI=1S/C20H17NO/c1-21(2)17-7-5-13-3-4-15-9-16-10-18(22)8-6-14(16)11-19(15)20(13)12-17/h3-7,9-12H,8H2,1-2H3. The lowest BCUT2D eigenvalue weighted by atomic mass is 9.97. The third-order valence-corrected chi connectivity index (χ3v) is 4.38. The molecule has 0 saturated heterocycles. The van der Waals surface area contributed by atoms with Crippen LogP contribution in [0.4, 0.5) is 5.69 Å². The molecule has 1 aliphatic rings. The van der Waals surface area contributed by atoms with Crippen LogP contribution in [0.25, 0.3) is 33.7 Å². The molecule has 0 saturated carbocycles. The third kappa shape index (κ3) is 2.00. The van der Waals surface area contributed by atoms with Gasteiger partial charge in [0.15, 0.2) is 5.78 Å². The lowest BCUT2D eigenvalue weighted by molar-refractivity contribution is -0.112. The van der Waals surface area contributed by atoms with Crippen LogP contribution in [0.2, 0.25) is 0 Å². The van der Waals surface area contributed by atoms with E-state index in [0.29, 0.717) is 6.42 Å². The van der Waals surface area contributed by atoms with Gasteiger partial charge in [-0.25, -0.2) is 0 Å². The summed E-state index contributed by atoms with van der Waals surface area (Å²) in [4.78, 5) is 13.7. The van der Waals surface area contributed by atoms with E-state index in [4.69, 9.17) is 0 Å². The molecule has 0 bridgehead atoms. The van der Waals surface area contributed by atoms with E-state index in [2.05, 4.69) is 61.5 Å². The average Bonchev–Trinajstić information content (AvgIpc) is 2.52. The van der Waals surface area contributed by atoms with E-state index >= 15 is 0 Å². The first-order chi connectivity index (χ1) is 10.6. The van der Waals surface area contributed by atoms with Crippen molar-refractivity contribution in [2.24, 2.45) is 0 Å². The summed E-state index contributed by atoms with van der Waals surface area (Å²) in [7, 11) is 4.12. The Bertz CT molecular complexity index is 1040. The SMILES string of the molecule is CN(C)c1ccc2ccc3cc4c(cc3c2c1)=CCC(=O)C=4. The van der Waals surface area contributed by atoms with Crippen LogP contribution >= 0.6 is 0 Å². The van der Waals surface area contributed by atoms with Crippen molar-refractivity contribution in [1.29, 1.82) is 0 Å². The topological polar surface area (TPSA) is 20.3 Å². The Hall–Kier alpha value is -2.61. The molecular weight excluding hydrogens is 270 g/mol. The fraction of sp³-hybridized carbons (Fsp3) is 0.150. The van der Waals surface area contributed by atoms with E-state index < -0.39 is 0 Å². The molecule has 2 heteroatoms. The van der Waals surface area contributed by atoms with Gasteiger partial charge in [-0.1, -0.05) is 24.3 Å². The Kier molecular flexibility index (Phi) is 2.80. The molecule has 3 aromatic carbocycles. The molecule has 0 heterocycles. The molecule has 3 aromatic rings. The normalized spacial score (nSPS) is 13.6. The highest BCUT2D eigenvalue weighted by atomic mass is 16.1. The van der Waals surface area contributed by atoms with Gasteiger partial charge in [0, 0.05) is 26.2 Å². The summed E-state index contributed by atoms with van der Waals surface area (Å²) < 4.78 is 0. The van der Waals surface area contributed by atoms with Gasteiger partial charge in [-0.15, -0.1) is 0 Å². The van der Waals surface area contributed by atoms with Gasteiger partial charge in [0.2, 0.25) is 0 Å². The molecule has 0 spiro atoms. The number of anilines is 1. The molecule has 4 rings (SSSR count). The molecular formula is C20H17NO. The average molecular weight is 287 g/mol. The minimum absolute atomic E-state index is 0.183. The first-order valence-electron chi connectivity index (χ1n) is 7.50. The van der Waals surface area contributed by atoms with Gasteiger partial charge in [0.1, 0.15) is 0 Å². The Morgan fingerprint density at radius 2 is 1.59 bits per heavy atom. The van der Waals surface area contributed by atoms with Gasteiger partial charge in [-0.05, 0) is 62.3 Å². The van der Waals surface area contributed by atoms with Crippen LogP contribution < -0.4 is 15.3 Å². The number of carbonyl (C=O) groups excluding carboxylic acids is 1. The number of fused-ring (bicyclic) bond motifs is 4. The first-order valence-corrected chi connectivity index (χ1v) is 7.50. The summed E-state index contributed by atoms with van der Waals surface area (Å²) in [6.07, 6.45) is 4.30. The molecule has 0 fully saturated rings. The van der Waals surface area contributed by atoms with Crippen LogP contribution in [0.15, 0.2) is 42.5 Å². The van der Waals surface area contributed by atoms with Crippen molar-refractivity contribution >= 4 is 45.2 Å². The second-order valence-electron chi connectivity index (χ2n) is 6.09. The van der Waals surface area contributed by atoms with Gasteiger partial charge in [0.25, 0.3) is 0 Å². The largest absolute Gasteiger partial charge is 0.378 e. The number of hydrogen-bond acceptors (Lipinski definition) is 2. The second-order valence-corrected chi connectivity index (χ2v) is 6.09. The predicted octanol–water partition coefficient (Wildman–Crippen LogP) is 2.59. The predicted molar refractivity (Wildman–Crippen MR) is 93.6 cm³/mol. The Labute approximate surface area is 129 Å².